The molecule has 0 fully saturated rings. The normalized spacial score (nSPS) is 11.4. The number of esters is 1. The second kappa shape index (κ2) is 10.1. The third kappa shape index (κ3) is 4.10. The number of hydrogen-bond donors (Lipinski definition) is 0. The first-order chi connectivity index (χ1) is 18.6. The number of fused-ring (bicyclic) bond motifs is 4. The molecule has 6 aromatic rings. The average Bonchev–Trinajstić information content (AvgIpc) is 3.48. The van der Waals surface area contributed by atoms with E-state index in [-0.39, 0.29) is 12.4 Å². The molecule has 0 spiro atoms. The quantitative estimate of drug-likeness (QED) is 0.117. The van der Waals surface area contributed by atoms with Crippen LogP contribution in [0, 0.1) is 6.92 Å². The van der Waals surface area contributed by atoms with Crippen LogP contribution in [-0.2, 0) is 10.5 Å². The molecule has 4 nitrogen and oxygen atoms in total. The molecule has 0 unspecified atom stereocenters. The van der Waals surface area contributed by atoms with Gasteiger partial charge in [-0.15, -0.1) is 23.1 Å². The highest BCUT2D eigenvalue weighted by Gasteiger charge is 2.29. The maximum atomic E-state index is 13.8. The monoisotopic (exact) mass is 535 g/mol. The fourth-order valence-corrected chi connectivity index (χ4v) is 7.64. The minimum atomic E-state index is -0.410. The maximum Gasteiger partial charge on any atom is 0.341 e. The molecule has 0 bridgehead atoms. The van der Waals surface area contributed by atoms with Gasteiger partial charge in [-0.2, -0.15) is 0 Å². The van der Waals surface area contributed by atoms with Crippen molar-refractivity contribution in [2.45, 2.75) is 23.8 Å². The van der Waals surface area contributed by atoms with Crippen molar-refractivity contribution in [3.05, 3.63) is 118 Å². The Kier molecular flexibility index (Phi) is 6.52. The van der Waals surface area contributed by atoms with Crippen LogP contribution in [0.5, 0.6) is 0 Å². The maximum absolute atomic E-state index is 13.8. The summed E-state index contributed by atoms with van der Waals surface area (Å²) in [7, 11) is 0. The van der Waals surface area contributed by atoms with Gasteiger partial charge in [-0.05, 0) is 47.9 Å². The number of thioether (sulfide) groups is 1. The predicted molar refractivity (Wildman–Crippen MR) is 157 cm³/mol. The van der Waals surface area contributed by atoms with Crippen LogP contribution in [0.3, 0.4) is 0 Å². The van der Waals surface area contributed by atoms with Crippen LogP contribution in [0.15, 0.2) is 95.3 Å². The lowest BCUT2D eigenvalue weighted by Crippen LogP contribution is -2.06. The third-order valence-corrected chi connectivity index (χ3v) is 9.27. The number of pyridine rings is 1. The van der Waals surface area contributed by atoms with Gasteiger partial charge < -0.3 is 9.14 Å². The molecular formula is C32H25NO3S2. The van der Waals surface area contributed by atoms with Gasteiger partial charge in [0.25, 0.3) is 0 Å². The van der Waals surface area contributed by atoms with E-state index in [1.165, 1.54) is 33.2 Å². The van der Waals surface area contributed by atoms with Crippen LogP contribution in [0.4, 0.5) is 0 Å². The van der Waals surface area contributed by atoms with Gasteiger partial charge in [0.1, 0.15) is 0 Å². The molecule has 6 rings (SSSR count). The number of rotatable bonds is 7. The Hall–Kier alpha value is -3.87. The van der Waals surface area contributed by atoms with Crippen molar-refractivity contribution in [3.8, 4) is 0 Å². The van der Waals surface area contributed by atoms with Crippen molar-refractivity contribution in [2.24, 2.45) is 0 Å². The Morgan fingerprint density at radius 2 is 1.68 bits per heavy atom. The minimum absolute atomic E-state index is 0.0877. The summed E-state index contributed by atoms with van der Waals surface area (Å²) in [4.78, 5) is 27.7. The van der Waals surface area contributed by atoms with Crippen LogP contribution in [0.1, 0.15) is 43.6 Å². The van der Waals surface area contributed by atoms with E-state index in [0.717, 1.165) is 21.0 Å². The second-order valence-corrected chi connectivity index (χ2v) is 11.3. The van der Waals surface area contributed by atoms with E-state index in [0.29, 0.717) is 21.4 Å². The van der Waals surface area contributed by atoms with Crippen LogP contribution in [0.2, 0.25) is 0 Å². The standard InChI is InChI=1S/C32H25NO3S2/c1-3-36-31(35)26-25-15-9-10-18-33(25)28-27(26)30(29(34)22-12-5-4-6-13-22)38-32(28)37-19-24-20(2)16-17-21-11-7-8-14-23(21)24/h4-18H,3,19H2,1-2H3. The zero-order valence-electron chi connectivity index (χ0n) is 21.1. The largest absolute Gasteiger partial charge is 0.462 e. The minimum Gasteiger partial charge on any atom is -0.462 e. The Morgan fingerprint density at radius 1 is 0.921 bits per heavy atom. The summed E-state index contributed by atoms with van der Waals surface area (Å²) in [5, 5.41) is 3.12. The van der Waals surface area contributed by atoms with Crippen LogP contribution >= 0.6 is 23.1 Å². The molecule has 0 aliphatic heterocycles. The molecule has 0 amide bonds. The summed E-state index contributed by atoms with van der Waals surface area (Å²) < 4.78 is 8.51. The fraction of sp³-hybridized carbons (Fsp3) is 0.125. The zero-order chi connectivity index (χ0) is 26.2. The van der Waals surface area contributed by atoms with Crippen molar-refractivity contribution in [3.63, 3.8) is 0 Å². The van der Waals surface area contributed by atoms with Crippen molar-refractivity contribution in [1.29, 1.82) is 0 Å². The molecule has 3 aromatic carbocycles. The number of aryl methyl sites for hydroxylation is 1. The summed E-state index contributed by atoms with van der Waals surface area (Å²) >= 11 is 3.17. The molecule has 3 aromatic heterocycles. The number of carbonyl (C=O) groups is 2. The molecule has 0 atom stereocenters. The molecule has 0 radical (unpaired) electrons. The first-order valence-electron chi connectivity index (χ1n) is 12.5. The van der Waals surface area contributed by atoms with Gasteiger partial charge in [-0.1, -0.05) is 72.8 Å². The molecule has 6 heteroatoms. The van der Waals surface area contributed by atoms with Gasteiger partial charge in [0, 0.05) is 22.9 Å². The Labute approximate surface area is 228 Å². The highest BCUT2D eigenvalue weighted by atomic mass is 32.2. The number of carbonyl (C=O) groups excluding carboxylic acids is 2. The summed E-state index contributed by atoms with van der Waals surface area (Å²) in [5.74, 6) is 0.249. The number of hydrogen-bond acceptors (Lipinski definition) is 5. The Bertz CT molecular complexity index is 1830. The van der Waals surface area contributed by atoms with Crippen LogP contribution in [-0.4, -0.2) is 22.8 Å². The Morgan fingerprint density at radius 3 is 2.50 bits per heavy atom. The van der Waals surface area contributed by atoms with E-state index in [1.54, 1.807) is 18.7 Å². The Balaban J connectivity index is 1.56. The van der Waals surface area contributed by atoms with E-state index in [9.17, 15) is 9.59 Å². The van der Waals surface area contributed by atoms with Crippen molar-refractivity contribution >= 4 is 62.0 Å². The fourth-order valence-electron chi connectivity index (χ4n) is 4.98. The molecule has 0 saturated heterocycles. The zero-order valence-corrected chi connectivity index (χ0v) is 22.7. The van der Waals surface area contributed by atoms with Gasteiger partial charge in [0.05, 0.1) is 32.3 Å². The smallest absolute Gasteiger partial charge is 0.341 e. The number of ketones is 1. The SMILES string of the molecule is CCOC(=O)c1c2c(C(=O)c3ccccc3)sc(SCc3c(C)ccc4ccccc34)c2n2ccccc12. The molecule has 3 heterocycles. The summed E-state index contributed by atoms with van der Waals surface area (Å²) in [6, 6.07) is 27.8. The highest BCUT2D eigenvalue weighted by Crippen LogP contribution is 2.45. The van der Waals surface area contributed by atoms with Crippen LogP contribution in [0.25, 0.3) is 27.2 Å². The molecule has 0 saturated carbocycles. The third-order valence-electron chi connectivity index (χ3n) is 6.80. The molecule has 0 N–H and O–H groups in total. The molecule has 0 aliphatic rings. The summed E-state index contributed by atoms with van der Waals surface area (Å²) in [6.45, 7) is 4.20. The van der Waals surface area contributed by atoms with Crippen molar-refractivity contribution in [2.75, 3.05) is 6.61 Å². The van der Waals surface area contributed by atoms with Crippen LogP contribution < -0.4 is 0 Å². The predicted octanol–water partition coefficient (Wildman–Crippen LogP) is 8.32. The summed E-state index contributed by atoms with van der Waals surface area (Å²) in [6.07, 6.45) is 1.96. The van der Waals surface area contributed by atoms with Gasteiger partial charge >= 0.3 is 5.97 Å². The molecular weight excluding hydrogens is 510 g/mol. The van der Waals surface area contributed by atoms with Crippen molar-refractivity contribution < 1.29 is 14.3 Å². The van der Waals surface area contributed by atoms with Gasteiger partial charge in [0.15, 0.2) is 0 Å². The van der Waals surface area contributed by atoms with Gasteiger partial charge in [-0.3, -0.25) is 4.79 Å². The highest BCUT2D eigenvalue weighted by molar-refractivity contribution is 8.00. The van der Waals surface area contributed by atoms with Gasteiger partial charge in [0.2, 0.25) is 5.78 Å². The second-order valence-electron chi connectivity index (χ2n) is 9.06. The lowest BCUT2D eigenvalue weighted by Gasteiger charge is -2.10. The first-order valence-corrected chi connectivity index (χ1v) is 14.3. The lowest BCUT2D eigenvalue weighted by atomic mass is 10.0. The lowest BCUT2D eigenvalue weighted by molar-refractivity contribution is 0.0531. The molecule has 38 heavy (non-hydrogen) atoms. The number of ether oxygens (including phenoxy) is 1. The van der Waals surface area contributed by atoms with E-state index in [4.69, 9.17) is 4.74 Å². The summed E-state index contributed by atoms with van der Waals surface area (Å²) in [5.41, 5.74) is 5.19. The number of thiophene rings is 1. The number of aromatic nitrogens is 1. The van der Waals surface area contributed by atoms with E-state index in [2.05, 4.69) is 43.3 Å². The van der Waals surface area contributed by atoms with Gasteiger partial charge in [-0.25, -0.2) is 4.79 Å². The van der Waals surface area contributed by atoms with Crippen molar-refractivity contribution in [1.82, 2.24) is 4.40 Å². The van der Waals surface area contributed by atoms with E-state index in [1.807, 2.05) is 59.1 Å². The topological polar surface area (TPSA) is 47.8 Å². The first kappa shape index (κ1) is 24.5. The van der Waals surface area contributed by atoms with E-state index >= 15 is 0 Å². The number of nitrogens with zero attached hydrogens (tertiary/aromatic N) is 1. The molecule has 188 valence electrons. The average molecular weight is 536 g/mol. The number of benzene rings is 3. The van der Waals surface area contributed by atoms with E-state index < -0.39 is 5.97 Å². The molecule has 0 aliphatic carbocycles.